The summed E-state index contributed by atoms with van der Waals surface area (Å²) in [7, 11) is 2.10. The van der Waals surface area contributed by atoms with Crippen molar-refractivity contribution >= 4 is 0 Å². The highest BCUT2D eigenvalue weighted by atomic mass is 16.5. The molecule has 1 aromatic rings. The van der Waals surface area contributed by atoms with Gasteiger partial charge in [-0.25, -0.2) is 0 Å². The summed E-state index contributed by atoms with van der Waals surface area (Å²) in [6, 6.07) is 8.84. The van der Waals surface area contributed by atoms with Gasteiger partial charge in [0, 0.05) is 13.1 Å². The molecule has 0 bridgehead atoms. The molecule has 0 spiro atoms. The van der Waals surface area contributed by atoms with Gasteiger partial charge in [-0.15, -0.1) is 0 Å². The van der Waals surface area contributed by atoms with E-state index >= 15 is 0 Å². The van der Waals surface area contributed by atoms with Gasteiger partial charge in [0.15, 0.2) is 0 Å². The van der Waals surface area contributed by atoms with Crippen LogP contribution >= 0.6 is 0 Å². The molecule has 1 atom stereocenters. The van der Waals surface area contributed by atoms with Gasteiger partial charge in [-0.2, -0.15) is 0 Å². The number of benzene rings is 1. The Morgan fingerprint density at radius 2 is 2.27 bits per heavy atom. The van der Waals surface area contributed by atoms with Crippen LogP contribution in [0.2, 0.25) is 0 Å². The van der Waals surface area contributed by atoms with Crippen molar-refractivity contribution in [3.8, 4) is 0 Å². The van der Waals surface area contributed by atoms with Crippen LogP contribution in [0.15, 0.2) is 24.3 Å². The second-order valence-electron chi connectivity index (χ2n) is 4.00. The van der Waals surface area contributed by atoms with Crippen molar-refractivity contribution in [2.75, 3.05) is 26.7 Å². The lowest BCUT2D eigenvalue weighted by Crippen LogP contribution is -2.35. The van der Waals surface area contributed by atoms with E-state index in [1.165, 1.54) is 11.1 Å². The molecule has 1 aliphatic rings. The van der Waals surface area contributed by atoms with E-state index in [9.17, 15) is 0 Å². The molecule has 1 unspecified atom stereocenters. The Labute approximate surface area is 90.8 Å². The van der Waals surface area contributed by atoms with Gasteiger partial charge in [0.1, 0.15) is 0 Å². The Morgan fingerprint density at radius 1 is 1.47 bits per heavy atom. The Hall–Kier alpha value is -0.900. The minimum atomic E-state index is 0.360. The average molecular weight is 206 g/mol. The highest BCUT2D eigenvalue weighted by Crippen LogP contribution is 2.28. The van der Waals surface area contributed by atoms with E-state index in [0.717, 1.165) is 19.8 Å². The van der Waals surface area contributed by atoms with E-state index in [0.29, 0.717) is 12.6 Å². The van der Waals surface area contributed by atoms with Gasteiger partial charge in [-0.05, 0) is 18.2 Å². The first-order chi connectivity index (χ1) is 7.33. The van der Waals surface area contributed by atoms with Crippen LogP contribution in [-0.2, 0) is 11.3 Å². The van der Waals surface area contributed by atoms with Crippen LogP contribution in [0.1, 0.15) is 17.2 Å². The molecule has 3 heteroatoms. The molecular weight excluding hydrogens is 188 g/mol. The predicted molar refractivity (Wildman–Crippen MR) is 60.5 cm³/mol. The molecule has 1 aliphatic heterocycles. The highest BCUT2D eigenvalue weighted by molar-refractivity contribution is 5.31. The lowest BCUT2D eigenvalue weighted by Gasteiger charge is -2.32. The van der Waals surface area contributed by atoms with E-state index in [2.05, 4.69) is 36.2 Å². The van der Waals surface area contributed by atoms with E-state index in [4.69, 9.17) is 10.5 Å². The van der Waals surface area contributed by atoms with E-state index < -0.39 is 0 Å². The Kier molecular flexibility index (Phi) is 3.36. The standard InChI is InChI=1S/C12H18N2O/c1-14(7-6-13)12-9-15-8-10-4-2-3-5-11(10)12/h2-5,12H,6-9,13H2,1H3. The minimum absolute atomic E-state index is 0.360. The summed E-state index contributed by atoms with van der Waals surface area (Å²) < 4.78 is 5.59. The lowest BCUT2D eigenvalue weighted by molar-refractivity contribution is 0.0431. The number of hydrogen-bond donors (Lipinski definition) is 1. The second-order valence-corrected chi connectivity index (χ2v) is 4.00. The van der Waals surface area contributed by atoms with Crippen LogP contribution in [0, 0.1) is 0 Å². The molecule has 15 heavy (non-hydrogen) atoms. The summed E-state index contributed by atoms with van der Waals surface area (Å²) in [5, 5.41) is 0. The first-order valence-corrected chi connectivity index (χ1v) is 5.39. The summed E-state index contributed by atoms with van der Waals surface area (Å²) in [5.41, 5.74) is 8.27. The third kappa shape index (κ3) is 2.20. The maximum Gasteiger partial charge on any atom is 0.0721 e. The molecule has 1 heterocycles. The van der Waals surface area contributed by atoms with Gasteiger partial charge in [-0.1, -0.05) is 24.3 Å². The maximum absolute atomic E-state index is 5.59. The van der Waals surface area contributed by atoms with E-state index in [-0.39, 0.29) is 0 Å². The monoisotopic (exact) mass is 206 g/mol. The van der Waals surface area contributed by atoms with Gasteiger partial charge in [-0.3, -0.25) is 4.90 Å². The fourth-order valence-electron chi connectivity index (χ4n) is 2.09. The molecule has 0 aliphatic carbocycles. The molecule has 1 aromatic carbocycles. The summed E-state index contributed by atoms with van der Waals surface area (Å²) in [6.07, 6.45) is 0. The molecule has 82 valence electrons. The molecule has 0 fully saturated rings. The SMILES string of the molecule is CN(CCN)C1COCc2ccccc21. The zero-order valence-electron chi connectivity index (χ0n) is 9.15. The summed E-state index contributed by atoms with van der Waals surface area (Å²) in [5.74, 6) is 0. The quantitative estimate of drug-likeness (QED) is 0.806. The van der Waals surface area contributed by atoms with Crippen molar-refractivity contribution in [1.29, 1.82) is 0 Å². The van der Waals surface area contributed by atoms with Crippen LogP contribution in [0.25, 0.3) is 0 Å². The van der Waals surface area contributed by atoms with Gasteiger partial charge in [0.2, 0.25) is 0 Å². The van der Waals surface area contributed by atoms with Crippen LogP contribution < -0.4 is 5.73 Å². The molecule has 3 nitrogen and oxygen atoms in total. The highest BCUT2D eigenvalue weighted by Gasteiger charge is 2.23. The smallest absolute Gasteiger partial charge is 0.0721 e. The number of nitrogens with zero attached hydrogens (tertiary/aromatic N) is 1. The van der Waals surface area contributed by atoms with Gasteiger partial charge < -0.3 is 10.5 Å². The molecule has 0 saturated carbocycles. The fraction of sp³-hybridized carbons (Fsp3) is 0.500. The normalized spacial score (nSPS) is 20.3. The summed E-state index contributed by atoms with van der Waals surface area (Å²) >= 11 is 0. The van der Waals surface area contributed by atoms with Crippen molar-refractivity contribution in [2.24, 2.45) is 5.73 Å². The molecule has 0 aromatic heterocycles. The summed E-state index contributed by atoms with van der Waals surface area (Å²) in [6.45, 7) is 3.11. The predicted octanol–water partition coefficient (Wildman–Crippen LogP) is 1.15. The van der Waals surface area contributed by atoms with Crippen LogP contribution in [0.3, 0.4) is 0 Å². The first kappa shape index (κ1) is 10.6. The Balaban J connectivity index is 2.21. The molecule has 2 rings (SSSR count). The Morgan fingerprint density at radius 3 is 3.07 bits per heavy atom. The zero-order valence-corrected chi connectivity index (χ0v) is 9.15. The van der Waals surface area contributed by atoms with E-state index in [1.807, 2.05) is 0 Å². The fourth-order valence-corrected chi connectivity index (χ4v) is 2.09. The van der Waals surface area contributed by atoms with Gasteiger partial charge in [0.05, 0.1) is 19.3 Å². The van der Waals surface area contributed by atoms with Crippen molar-refractivity contribution in [3.63, 3.8) is 0 Å². The number of nitrogens with two attached hydrogens (primary N) is 1. The number of ether oxygens (including phenoxy) is 1. The van der Waals surface area contributed by atoms with Crippen molar-refractivity contribution in [2.45, 2.75) is 12.6 Å². The molecule has 0 radical (unpaired) electrons. The van der Waals surface area contributed by atoms with Crippen molar-refractivity contribution in [3.05, 3.63) is 35.4 Å². The minimum Gasteiger partial charge on any atom is -0.375 e. The van der Waals surface area contributed by atoms with Crippen molar-refractivity contribution < 1.29 is 4.74 Å². The summed E-state index contributed by atoms with van der Waals surface area (Å²) in [4.78, 5) is 2.26. The number of likely N-dealkylation sites (N-methyl/N-ethyl adjacent to an activating group) is 1. The van der Waals surface area contributed by atoms with Crippen molar-refractivity contribution in [1.82, 2.24) is 4.90 Å². The first-order valence-electron chi connectivity index (χ1n) is 5.39. The third-order valence-corrected chi connectivity index (χ3v) is 2.96. The van der Waals surface area contributed by atoms with Gasteiger partial charge in [0.25, 0.3) is 0 Å². The van der Waals surface area contributed by atoms with E-state index in [1.54, 1.807) is 0 Å². The van der Waals surface area contributed by atoms with Crippen LogP contribution in [0.5, 0.6) is 0 Å². The molecule has 0 saturated heterocycles. The van der Waals surface area contributed by atoms with Gasteiger partial charge >= 0.3 is 0 Å². The third-order valence-electron chi connectivity index (χ3n) is 2.96. The molecule has 2 N–H and O–H groups in total. The molecule has 0 amide bonds. The maximum atomic E-state index is 5.59. The van der Waals surface area contributed by atoms with Crippen LogP contribution in [0.4, 0.5) is 0 Å². The Bertz CT molecular complexity index is 327. The zero-order chi connectivity index (χ0) is 10.7. The number of rotatable bonds is 3. The van der Waals surface area contributed by atoms with Crippen LogP contribution in [-0.4, -0.2) is 31.6 Å². The molecular formula is C12H18N2O. The largest absolute Gasteiger partial charge is 0.375 e. The number of hydrogen-bond acceptors (Lipinski definition) is 3. The topological polar surface area (TPSA) is 38.5 Å². The lowest BCUT2D eigenvalue weighted by atomic mass is 9.98. The number of fused-ring (bicyclic) bond motifs is 1. The average Bonchev–Trinajstić information content (AvgIpc) is 2.28. The second kappa shape index (κ2) is 4.75.